The fourth-order valence-corrected chi connectivity index (χ4v) is 1.41. The summed E-state index contributed by atoms with van der Waals surface area (Å²) < 4.78 is 36.0. The first kappa shape index (κ1) is 13.0. The molecule has 0 radical (unpaired) electrons. The van der Waals surface area contributed by atoms with Crippen molar-refractivity contribution in [3.63, 3.8) is 0 Å². The summed E-state index contributed by atoms with van der Waals surface area (Å²) in [5.41, 5.74) is 5.43. The van der Waals surface area contributed by atoms with Gasteiger partial charge in [-0.1, -0.05) is 0 Å². The largest absolute Gasteiger partial charge is 0.389 e. The van der Waals surface area contributed by atoms with E-state index in [4.69, 9.17) is 5.73 Å². The third-order valence-electron chi connectivity index (χ3n) is 1.63. The number of hydrogen-bond donors (Lipinski definition) is 2. The zero-order chi connectivity index (χ0) is 12.2. The Hall–Kier alpha value is -1.05. The minimum absolute atomic E-state index is 0.0285. The molecule has 0 aliphatic carbocycles. The summed E-state index contributed by atoms with van der Waals surface area (Å²) in [5.74, 6) is 0.467. The number of nitrogen functional groups attached to an aromatic ring is 1. The summed E-state index contributed by atoms with van der Waals surface area (Å²) >= 11 is 3.10. The molecule has 0 unspecified atom stereocenters. The highest BCUT2D eigenvalue weighted by atomic mass is 79.9. The Bertz CT molecular complexity index is 335. The molecule has 4 nitrogen and oxygen atoms in total. The lowest BCUT2D eigenvalue weighted by molar-refractivity contribution is -0.134. The van der Waals surface area contributed by atoms with E-state index >= 15 is 0 Å². The van der Waals surface area contributed by atoms with Crippen LogP contribution in [0.5, 0.6) is 0 Å². The van der Waals surface area contributed by atoms with Crippen LogP contribution < -0.4 is 11.1 Å². The molecule has 1 aromatic heterocycles. The second-order valence-corrected chi connectivity index (χ2v) is 3.90. The molecule has 0 aliphatic rings. The summed E-state index contributed by atoms with van der Waals surface area (Å²) in [7, 11) is 0. The molecule has 1 heterocycles. The Morgan fingerprint density at radius 1 is 1.38 bits per heavy atom. The van der Waals surface area contributed by atoms with Crippen molar-refractivity contribution in [2.45, 2.75) is 19.0 Å². The molecule has 0 spiro atoms. The molecule has 1 rings (SSSR count). The lowest BCUT2D eigenvalue weighted by Gasteiger charge is -2.07. The predicted molar refractivity (Wildman–Crippen MR) is 57.9 cm³/mol. The minimum atomic E-state index is -4.13. The van der Waals surface area contributed by atoms with Crippen LogP contribution in [0.15, 0.2) is 10.7 Å². The molecule has 0 aromatic carbocycles. The molecule has 0 atom stereocenters. The highest BCUT2D eigenvalue weighted by Crippen LogP contribution is 2.21. The second kappa shape index (κ2) is 5.33. The normalized spacial score (nSPS) is 11.5. The number of rotatable bonds is 4. The van der Waals surface area contributed by atoms with Crippen LogP contribution in [0.25, 0.3) is 0 Å². The number of aromatic nitrogens is 2. The standard InChI is InChI=1S/C8H10BrF3N4/c9-5-4-6(13)16-7(15-5)14-3-1-2-8(10,11)12/h4H,1-3H2,(H3,13,14,15,16). The fourth-order valence-electron chi connectivity index (χ4n) is 1.00. The van der Waals surface area contributed by atoms with Crippen LogP contribution in [0.2, 0.25) is 0 Å². The van der Waals surface area contributed by atoms with Crippen LogP contribution in [0.4, 0.5) is 24.9 Å². The molecular weight excluding hydrogens is 289 g/mol. The molecule has 0 saturated carbocycles. The van der Waals surface area contributed by atoms with E-state index in [1.165, 1.54) is 6.07 Å². The summed E-state index contributed by atoms with van der Waals surface area (Å²) in [5, 5.41) is 2.67. The average molecular weight is 299 g/mol. The molecule has 0 aliphatic heterocycles. The fraction of sp³-hybridized carbons (Fsp3) is 0.500. The quantitative estimate of drug-likeness (QED) is 0.662. The summed E-state index contributed by atoms with van der Waals surface area (Å²) in [6, 6.07) is 1.50. The van der Waals surface area contributed by atoms with Crippen LogP contribution in [0.3, 0.4) is 0 Å². The number of anilines is 2. The highest BCUT2D eigenvalue weighted by molar-refractivity contribution is 9.10. The van der Waals surface area contributed by atoms with Crippen LogP contribution in [0.1, 0.15) is 12.8 Å². The first-order valence-electron chi connectivity index (χ1n) is 4.47. The van der Waals surface area contributed by atoms with Gasteiger partial charge in [-0.25, -0.2) is 4.98 Å². The van der Waals surface area contributed by atoms with E-state index in [9.17, 15) is 13.2 Å². The average Bonchev–Trinajstić information content (AvgIpc) is 2.09. The minimum Gasteiger partial charge on any atom is -0.383 e. The first-order valence-corrected chi connectivity index (χ1v) is 5.27. The SMILES string of the molecule is Nc1cc(Br)nc(NCCCC(F)(F)F)n1. The third kappa shape index (κ3) is 5.15. The van der Waals surface area contributed by atoms with Crippen LogP contribution in [0, 0.1) is 0 Å². The molecule has 3 N–H and O–H groups in total. The Balaban J connectivity index is 2.37. The molecule has 8 heteroatoms. The molecular formula is C8H10BrF3N4. The molecule has 1 aromatic rings. The Morgan fingerprint density at radius 2 is 2.06 bits per heavy atom. The summed E-state index contributed by atoms with van der Waals surface area (Å²) in [4.78, 5) is 7.71. The number of nitrogens with two attached hydrogens (primary N) is 1. The van der Waals surface area contributed by atoms with Gasteiger partial charge in [0.2, 0.25) is 5.95 Å². The van der Waals surface area contributed by atoms with E-state index in [0.717, 1.165) is 0 Å². The van der Waals surface area contributed by atoms with E-state index in [0.29, 0.717) is 4.60 Å². The van der Waals surface area contributed by atoms with E-state index in [1.54, 1.807) is 0 Å². The van der Waals surface area contributed by atoms with Crippen molar-refractivity contribution in [2.24, 2.45) is 0 Å². The van der Waals surface area contributed by atoms with Crippen LogP contribution in [-0.2, 0) is 0 Å². The molecule has 16 heavy (non-hydrogen) atoms. The van der Waals surface area contributed by atoms with E-state index < -0.39 is 12.6 Å². The zero-order valence-corrected chi connectivity index (χ0v) is 9.77. The summed E-state index contributed by atoms with van der Waals surface area (Å²) in [6.07, 6.45) is -4.98. The van der Waals surface area contributed by atoms with Crippen molar-refractivity contribution in [2.75, 3.05) is 17.6 Å². The summed E-state index contributed by atoms with van der Waals surface area (Å²) in [6.45, 7) is 0.148. The third-order valence-corrected chi connectivity index (χ3v) is 2.04. The maximum absolute atomic E-state index is 11.8. The Labute approximate surface area is 98.6 Å². The molecule has 90 valence electrons. The Morgan fingerprint density at radius 3 is 2.62 bits per heavy atom. The lowest BCUT2D eigenvalue weighted by Crippen LogP contribution is -2.12. The maximum atomic E-state index is 11.8. The van der Waals surface area contributed by atoms with Gasteiger partial charge in [0, 0.05) is 19.0 Å². The van der Waals surface area contributed by atoms with Crippen molar-refractivity contribution in [3.8, 4) is 0 Å². The van der Waals surface area contributed by atoms with Gasteiger partial charge in [-0.2, -0.15) is 18.2 Å². The Kier molecular flexibility index (Phi) is 4.34. The van der Waals surface area contributed by atoms with Gasteiger partial charge < -0.3 is 11.1 Å². The number of alkyl halides is 3. The lowest BCUT2D eigenvalue weighted by atomic mass is 10.3. The van der Waals surface area contributed by atoms with Crippen molar-refractivity contribution >= 4 is 27.7 Å². The second-order valence-electron chi connectivity index (χ2n) is 3.08. The topological polar surface area (TPSA) is 63.8 Å². The number of hydrogen-bond acceptors (Lipinski definition) is 4. The van der Waals surface area contributed by atoms with Gasteiger partial charge in [0.1, 0.15) is 10.4 Å². The van der Waals surface area contributed by atoms with Gasteiger partial charge in [-0.3, -0.25) is 0 Å². The molecule has 0 amide bonds. The molecule has 0 bridgehead atoms. The predicted octanol–water partition coefficient (Wildman–Crippen LogP) is 2.58. The van der Waals surface area contributed by atoms with Gasteiger partial charge >= 0.3 is 6.18 Å². The van der Waals surface area contributed by atoms with Crippen LogP contribution in [-0.4, -0.2) is 22.7 Å². The van der Waals surface area contributed by atoms with E-state index in [1.807, 2.05) is 0 Å². The van der Waals surface area contributed by atoms with Crippen molar-refractivity contribution < 1.29 is 13.2 Å². The molecule has 0 fully saturated rings. The van der Waals surface area contributed by atoms with Crippen molar-refractivity contribution in [1.82, 2.24) is 9.97 Å². The number of nitrogens with one attached hydrogen (secondary N) is 1. The molecule has 0 saturated heterocycles. The van der Waals surface area contributed by atoms with Gasteiger partial charge in [0.15, 0.2) is 0 Å². The number of nitrogens with zero attached hydrogens (tertiary/aromatic N) is 2. The van der Waals surface area contributed by atoms with Crippen LogP contribution >= 0.6 is 15.9 Å². The number of halogens is 4. The van der Waals surface area contributed by atoms with E-state index in [2.05, 4.69) is 31.2 Å². The van der Waals surface area contributed by atoms with Gasteiger partial charge in [0.25, 0.3) is 0 Å². The van der Waals surface area contributed by atoms with Gasteiger partial charge in [-0.15, -0.1) is 0 Å². The van der Waals surface area contributed by atoms with Gasteiger partial charge in [-0.05, 0) is 22.4 Å². The maximum Gasteiger partial charge on any atom is 0.389 e. The highest BCUT2D eigenvalue weighted by Gasteiger charge is 2.25. The van der Waals surface area contributed by atoms with E-state index in [-0.39, 0.29) is 24.7 Å². The van der Waals surface area contributed by atoms with Crippen molar-refractivity contribution in [3.05, 3.63) is 10.7 Å². The monoisotopic (exact) mass is 298 g/mol. The smallest absolute Gasteiger partial charge is 0.383 e. The van der Waals surface area contributed by atoms with Gasteiger partial charge in [0.05, 0.1) is 0 Å². The first-order chi connectivity index (χ1) is 7.37. The van der Waals surface area contributed by atoms with Crippen molar-refractivity contribution in [1.29, 1.82) is 0 Å². The zero-order valence-electron chi connectivity index (χ0n) is 8.18.